The highest BCUT2D eigenvalue weighted by atomic mass is 35.5. The van der Waals surface area contributed by atoms with Crippen molar-refractivity contribution in [2.45, 2.75) is 10.9 Å². The first-order chi connectivity index (χ1) is 12.2. The SMILES string of the molecule is COc1ccc2nc(SCc3noc(-c4ccccc4Cl)n3)[nH]c2c1. The van der Waals surface area contributed by atoms with Gasteiger partial charge in [-0.1, -0.05) is 40.7 Å². The monoisotopic (exact) mass is 372 g/mol. The number of hydrogen-bond donors (Lipinski definition) is 1. The summed E-state index contributed by atoms with van der Waals surface area (Å²) in [7, 11) is 1.64. The van der Waals surface area contributed by atoms with Gasteiger partial charge in [-0.3, -0.25) is 0 Å². The van der Waals surface area contributed by atoms with Gasteiger partial charge in [-0.15, -0.1) is 0 Å². The second-order valence-electron chi connectivity index (χ2n) is 5.21. The third-order valence-electron chi connectivity index (χ3n) is 3.58. The molecular formula is C17H13ClN4O2S. The summed E-state index contributed by atoms with van der Waals surface area (Å²) in [6.07, 6.45) is 0. The average molecular weight is 373 g/mol. The lowest BCUT2D eigenvalue weighted by Crippen LogP contribution is -1.85. The fourth-order valence-corrected chi connectivity index (χ4v) is 3.29. The summed E-state index contributed by atoms with van der Waals surface area (Å²) in [5.41, 5.74) is 2.53. The molecule has 25 heavy (non-hydrogen) atoms. The van der Waals surface area contributed by atoms with Crippen molar-refractivity contribution in [3.8, 4) is 17.2 Å². The lowest BCUT2D eigenvalue weighted by atomic mass is 10.2. The molecule has 0 saturated carbocycles. The summed E-state index contributed by atoms with van der Waals surface area (Å²) in [4.78, 5) is 12.2. The van der Waals surface area contributed by atoms with Crippen molar-refractivity contribution in [3.63, 3.8) is 0 Å². The molecule has 0 aliphatic carbocycles. The highest BCUT2D eigenvalue weighted by Gasteiger charge is 2.13. The maximum absolute atomic E-state index is 6.15. The Bertz CT molecular complexity index is 1030. The molecule has 0 bridgehead atoms. The van der Waals surface area contributed by atoms with Crippen molar-refractivity contribution < 1.29 is 9.26 Å². The van der Waals surface area contributed by atoms with Crippen LogP contribution in [0.3, 0.4) is 0 Å². The van der Waals surface area contributed by atoms with Crippen LogP contribution in [0.15, 0.2) is 52.1 Å². The summed E-state index contributed by atoms with van der Waals surface area (Å²) in [5, 5.41) is 5.37. The van der Waals surface area contributed by atoms with Gasteiger partial charge in [0.05, 0.1) is 34.5 Å². The Morgan fingerprint density at radius 3 is 2.92 bits per heavy atom. The lowest BCUT2D eigenvalue weighted by molar-refractivity contribution is 0.415. The van der Waals surface area contributed by atoms with Crippen LogP contribution < -0.4 is 4.74 Å². The zero-order chi connectivity index (χ0) is 17.2. The minimum absolute atomic E-state index is 0.413. The zero-order valence-corrected chi connectivity index (χ0v) is 14.8. The molecule has 8 heteroatoms. The van der Waals surface area contributed by atoms with E-state index >= 15 is 0 Å². The Kier molecular flexibility index (Phi) is 4.33. The normalized spacial score (nSPS) is 11.1. The number of hydrogen-bond acceptors (Lipinski definition) is 6. The Balaban J connectivity index is 1.49. The molecule has 0 aliphatic heterocycles. The predicted molar refractivity (Wildman–Crippen MR) is 97.0 cm³/mol. The summed E-state index contributed by atoms with van der Waals surface area (Å²) in [6.45, 7) is 0. The zero-order valence-electron chi connectivity index (χ0n) is 13.2. The van der Waals surface area contributed by atoms with Gasteiger partial charge in [0.15, 0.2) is 11.0 Å². The van der Waals surface area contributed by atoms with Crippen molar-refractivity contribution >= 4 is 34.4 Å². The molecule has 0 fully saturated rings. The summed E-state index contributed by atoms with van der Waals surface area (Å²) in [6, 6.07) is 13.1. The maximum atomic E-state index is 6.15. The molecule has 0 aliphatic rings. The average Bonchev–Trinajstić information content (AvgIpc) is 3.26. The van der Waals surface area contributed by atoms with Crippen LogP contribution in [0.25, 0.3) is 22.5 Å². The van der Waals surface area contributed by atoms with Gasteiger partial charge < -0.3 is 14.2 Å². The summed E-state index contributed by atoms with van der Waals surface area (Å²) in [5.74, 6) is 2.31. The van der Waals surface area contributed by atoms with E-state index in [4.69, 9.17) is 20.9 Å². The first-order valence-corrected chi connectivity index (χ1v) is 8.83. The second kappa shape index (κ2) is 6.78. The third kappa shape index (κ3) is 3.33. The third-order valence-corrected chi connectivity index (χ3v) is 4.78. The van der Waals surface area contributed by atoms with Crippen molar-refractivity contribution in [2.24, 2.45) is 0 Å². The van der Waals surface area contributed by atoms with Crippen molar-refractivity contribution in [1.29, 1.82) is 0 Å². The number of nitrogens with one attached hydrogen (secondary N) is 1. The Morgan fingerprint density at radius 2 is 2.08 bits per heavy atom. The number of halogens is 1. The molecule has 0 radical (unpaired) electrons. The minimum Gasteiger partial charge on any atom is -0.497 e. The van der Waals surface area contributed by atoms with E-state index in [2.05, 4.69) is 20.1 Å². The first kappa shape index (κ1) is 16.0. The van der Waals surface area contributed by atoms with E-state index in [0.717, 1.165) is 27.5 Å². The van der Waals surface area contributed by atoms with E-state index in [0.29, 0.717) is 22.5 Å². The Labute approximate surface area is 152 Å². The van der Waals surface area contributed by atoms with Gasteiger partial charge in [-0.25, -0.2) is 4.98 Å². The molecule has 4 aromatic rings. The first-order valence-electron chi connectivity index (χ1n) is 7.47. The number of methoxy groups -OCH3 is 1. The van der Waals surface area contributed by atoms with Crippen LogP contribution in [0.2, 0.25) is 5.02 Å². The fraction of sp³-hybridized carbons (Fsp3) is 0.118. The van der Waals surface area contributed by atoms with E-state index in [1.165, 1.54) is 11.8 Å². The largest absolute Gasteiger partial charge is 0.497 e. The van der Waals surface area contributed by atoms with Crippen molar-refractivity contribution in [1.82, 2.24) is 20.1 Å². The van der Waals surface area contributed by atoms with Crippen LogP contribution in [-0.4, -0.2) is 27.2 Å². The molecule has 0 spiro atoms. The van der Waals surface area contributed by atoms with Gasteiger partial charge in [-0.2, -0.15) is 4.98 Å². The predicted octanol–water partition coefficient (Wildman–Crippen LogP) is 4.57. The lowest BCUT2D eigenvalue weighted by Gasteiger charge is -1.96. The molecular weight excluding hydrogens is 360 g/mol. The number of aromatic amines is 1. The van der Waals surface area contributed by atoms with E-state index < -0.39 is 0 Å². The number of fused-ring (bicyclic) bond motifs is 1. The van der Waals surface area contributed by atoms with E-state index in [1.807, 2.05) is 36.4 Å². The van der Waals surface area contributed by atoms with Crippen LogP contribution in [0, 0.1) is 0 Å². The van der Waals surface area contributed by atoms with Crippen molar-refractivity contribution in [2.75, 3.05) is 7.11 Å². The number of H-pyrrole nitrogens is 1. The van der Waals surface area contributed by atoms with Crippen molar-refractivity contribution in [3.05, 3.63) is 53.3 Å². The highest BCUT2D eigenvalue weighted by Crippen LogP contribution is 2.28. The smallest absolute Gasteiger partial charge is 0.259 e. The molecule has 2 aromatic heterocycles. The Morgan fingerprint density at radius 1 is 1.20 bits per heavy atom. The number of rotatable bonds is 5. The topological polar surface area (TPSA) is 76.8 Å². The number of thioether (sulfide) groups is 1. The maximum Gasteiger partial charge on any atom is 0.259 e. The number of benzene rings is 2. The van der Waals surface area contributed by atoms with E-state index in [1.54, 1.807) is 13.2 Å². The molecule has 0 atom stereocenters. The number of imidazole rings is 1. The fourth-order valence-electron chi connectivity index (χ4n) is 2.35. The molecule has 2 heterocycles. The summed E-state index contributed by atoms with van der Waals surface area (Å²) >= 11 is 7.65. The molecule has 6 nitrogen and oxygen atoms in total. The van der Waals surface area contributed by atoms with Crippen LogP contribution >= 0.6 is 23.4 Å². The molecule has 1 N–H and O–H groups in total. The molecule has 2 aromatic carbocycles. The van der Waals surface area contributed by atoms with Crippen LogP contribution in [0.4, 0.5) is 0 Å². The van der Waals surface area contributed by atoms with E-state index in [9.17, 15) is 0 Å². The molecule has 0 unspecified atom stereocenters. The van der Waals surface area contributed by atoms with Gasteiger partial charge in [0.25, 0.3) is 5.89 Å². The molecule has 0 saturated heterocycles. The van der Waals surface area contributed by atoms with Gasteiger partial charge in [0, 0.05) is 6.07 Å². The van der Waals surface area contributed by atoms with Gasteiger partial charge >= 0.3 is 0 Å². The van der Waals surface area contributed by atoms with Gasteiger partial charge in [0.1, 0.15) is 5.75 Å². The van der Waals surface area contributed by atoms with Crippen LogP contribution in [-0.2, 0) is 5.75 Å². The van der Waals surface area contributed by atoms with E-state index in [-0.39, 0.29) is 0 Å². The van der Waals surface area contributed by atoms with Crippen LogP contribution in [0.5, 0.6) is 5.75 Å². The highest BCUT2D eigenvalue weighted by molar-refractivity contribution is 7.98. The van der Waals surface area contributed by atoms with Gasteiger partial charge in [0.2, 0.25) is 0 Å². The molecule has 126 valence electrons. The molecule has 4 rings (SSSR count). The number of ether oxygens (including phenoxy) is 1. The van der Waals surface area contributed by atoms with Gasteiger partial charge in [-0.05, 0) is 24.3 Å². The number of aromatic nitrogens is 4. The molecule has 0 amide bonds. The number of nitrogens with zero attached hydrogens (tertiary/aromatic N) is 3. The quantitative estimate of drug-likeness (QED) is 0.517. The van der Waals surface area contributed by atoms with Crippen LogP contribution in [0.1, 0.15) is 5.82 Å². The Hall–Kier alpha value is -2.51. The second-order valence-corrected chi connectivity index (χ2v) is 6.58. The summed E-state index contributed by atoms with van der Waals surface area (Å²) < 4.78 is 10.5. The standard InChI is InChI=1S/C17H13ClN4O2S/c1-23-10-6-7-13-14(8-10)20-17(19-13)25-9-15-21-16(24-22-15)11-4-2-3-5-12(11)18/h2-8H,9H2,1H3,(H,19,20). The minimum atomic E-state index is 0.413.